The molecule has 0 spiro atoms. The second kappa shape index (κ2) is 4.88. The maximum absolute atomic E-state index is 11.6. The van der Waals surface area contributed by atoms with Gasteiger partial charge in [-0.25, -0.2) is 0 Å². The van der Waals surface area contributed by atoms with Gasteiger partial charge >= 0.3 is 0 Å². The summed E-state index contributed by atoms with van der Waals surface area (Å²) in [4.78, 5) is 14.2. The maximum atomic E-state index is 11.6. The molecule has 0 aromatic heterocycles. The Hall–Kier alpha value is -0.0200. The van der Waals surface area contributed by atoms with Gasteiger partial charge in [0.2, 0.25) is 0 Å². The molecule has 2 saturated heterocycles. The zero-order valence-corrected chi connectivity index (χ0v) is 10.6. The van der Waals surface area contributed by atoms with Gasteiger partial charge in [-0.05, 0) is 25.5 Å². The fraction of sp³-hybridized carbons (Fsp3) is 0.917. The van der Waals surface area contributed by atoms with Crippen molar-refractivity contribution in [2.75, 3.05) is 18.1 Å². The minimum atomic E-state index is 0.241. The first-order valence-electron chi connectivity index (χ1n) is 6.06. The van der Waals surface area contributed by atoms with E-state index in [1.54, 1.807) is 0 Å². The predicted octanol–water partition coefficient (Wildman–Crippen LogP) is 2.18. The van der Waals surface area contributed by atoms with Crippen molar-refractivity contribution in [2.45, 2.75) is 45.2 Å². The van der Waals surface area contributed by atoms with E-state index in [2.05, 4.69) is 30.5 Å². The Morgan fingerprint density at radius 1 is 1.40 bits per heavy atom. The minimum absolute atomic E-state index is 0.241. The normalized spacial score (nSPS) is 39.3. The number of nitrogens with zero attached hydrogens (tertiary/aromatic N) is 1. The molecule has 2 aliphatic rings. The van der Waals surface area contributed by atoms with E-state index in [4.69, 9.17) is 0 Å². The first-order chi connectivity index (χ1) is 7.20. The lowest BCUT2D eigenvalue weighted by molar-refractivity contribution is -0.128. The monoisotopic (exact) mass is 227 g/mol. The molecule has 3 unspecified atom stereocenters. The van der Waals surface area contributed by atoms with Crippen LogP contribution in [0.5, 0.6) is 0 Å². The van der Waals surface area contributed by atoms with Crippen LogP contribution in [0.2, 0.25) is 0 Å². The smallest absolute Gasteiger partial charge is 0.138 e. The van der Waals surface area contributed by atoms with Gasteiger partial charge in [0.1, 0.15) is 5.78 Å². The van der Waals surface area contributed by atoms with Crippen LogP contribution in [0.4, 0.5) is 0 Å². The summed E-state index contributed by atoms with van der Waals surface area (Å²) in [5.41, 5.74) is 0. The molecule has 0 amide bonds. The molecule has 0 saturated carbocycles. The molecule has 0 aliphatic carbocycles. The highest BCUT2D eigenvalue weighted by Gasteiger charge is 2.34. The SMILES string of the molecule is CC1C(=O)CCN(C2CCCSC2)C1C. The number of rotatable bonds is 1. The summed E-state index contributed by atoms with van der Waals surface area (Å²) < 4.78 is 0. The molecule has 2 nitrogen and oxygen atoms in total. The Labute approximate surface area is 96.8 Å². The second-order valence-electron chi connectivity index (χ2n) is 4.85. The van der Waals surface area contributed by atoms with Gasteiger partial charge in [-0.1, -0.05) is 6.92 Å². The molecular formula is C12H21NOS. The van der Waals surface area contributed by atoms with Crippen LogP contribution in [0.1, 0.15) is 33.1 Å². The van der Waals surface area contributed by atoms with Gasteiger partial charge in [-0.15, -0.1) is 0 Å². The van der Waals surface area contributed by atoms with Crippen molar-refractivity contribution >= 4 is 17.5 Å². The Morgan fingerprint density at radius 3 is 2.87 bits per heavy atom. The number of carbonyl (C=O) groups is 1. The average Bonchev–Trinajstić information content (AvgIpc) is 2.27. The topological polar surface area (TPSA) is 20.3 Å². The van der Waals surface area contributed by atoms with Crippen molar-refractivity contribution in [3.05, 3.63) is 0 Å². The molecule has 3 atom stereocenters. The molecule has 2 heterocycles. The van der Waals surface area contributed by atoms with Gasteiger partial charge in [0.15, 0.2) is 0 Å². The highest BCUT2D eigenvalue weighted by Crippen LogP contribution is 2.28. The molecule has 15 heavy (non-hydrogen) atoms. The number of hydrogen-bond acceptors (Lipinski definition) is 3. The summed E-state index contributed by atoms with van der Waals surface area (Å²) in [7, 11) is 0. The fourth-order valence-electron chi connectivity index (χ4n) is 2.73. The third-order valence-corrected chi connectivity index (χ3v) is 5.17. The molecule has 3 heteroatoms. The van der Waals surface area contributed by atoms with Crippen molar-refractivity contribution in [2.24, 2.45) is 5.92 Å². The van der Waals surface area contributed by atoms with Crippen molar-refractivity contribution in [1.82, 2.24) is 4.90 Å². The Balaban J connectivity index is 1.99. The van der Waals surface area contributed by atoms with Crippen LogP contribution in [0.3, 0.4) is 0 Å². The van der Waals surface area contributed by atoms with Crippen LogP contribution in [0.25, 0.3) is 0 Å². The van der Waals surface area contributed by atoms with Gasteiger partial charge in [-0.3, -0.25) is 9.69 Å². The van der Waals surface area contributed by atoms with E-state index in [1.165, 1.54) is 24.3 Å². The minimum Gasteiger partial charge on any atom is -0.299 e. The lowest BCUT2D eigenvalue weighted by Crippen LogP contribution is -2.52. The molecule has 86 valence electrons. The number of ketones is 1. The summed E-state index contributed by atoms with van der Waals surface area (Å²) in [6, 6.07) is 1.18. The maximum Gasteiger partial charge on any atom is 0.138 e. The van der Waals surface area contributed by atoms with Crippen LogP contribution in [-0.4, -0.2) is 40.8 Å². The predicted molar refractivity (Wildman–Crippen MR) is 65.3 cm³/mol. The van der Waals surface area contributed by atoms with E-state index in [1.807, 2.05) is 0 Å². The lowest BCUT2D eigenvalue weighted by Gasteiger charge is -2.43. The van der Waals surface area contributed by atoms with Crippen molar-refractivity contribution in [1.29, 1.82) is 0 Å². The number of hydrogen-bond donors (Lipinski definition) is 0. The van der Waals surface area contributed by atoms with E-state index in [9.17, 15) is 4.79 Å². The van der Waals surface area contributed by atoms with Crippen molar-refractivity contribution in [3.63, 3.8) is 0 Å². The highest BCUT2D eigenvalue weighted by molar-refractivity contribution is 7.99. The third kappa shape index (κ3) is 2.39. The van der Waals surface area contributed by atoms with Crippen LogP contribution in [0, 0.1) is 5.92 Å². The molecule has 2 rings (SSSR count). The van der Waals surface area contributed by atoms with Crippen LogP contribution < -0.4 is 0 Å². The fourth-order valence-corrected chi connectivity index (χ4v) is 3.89. The first-order valence-corrected chi connectivity index (χ1v) is 7.22. The standard InChI is InChI=1S/C12H21NOS/c1-9-10(2)13(6-5-12(9)14)11-4-3-7-15-8-11/h9-11H,3-8H2,1-2H3. The molecule has 0 bridgehead atoms. The van der Waals surface area contributed by atoms with E-state index >= 15 is 0 Å². The van der Waals surface area contributed by atoms with Gasteiger partial charge < -0.3 is 0 Å². The summed E-state index contributed by atoms with van der Waals surface area (Å²) in [5.74, 6) is 3.30. The van der Waals surface area contributed by atoms with Gasteiger partial charge in [0.25, 0.3) is 0 Å². The number of thioether (sulfide) groups is 1. The quantitative estimate of drug-likeness (QED) is 0.685. The molecular weight excluding hydrogens is 206 g/mol. The number of piperidine rings is 1. The summed E-state index contributed by atoms with van der Waals surface area (Å²) in [6.45, 7) is 5.31. The third-order valence-electron chi connectivity index (χ3n) is 3.98. The number of carbonyl (C=O) groups excluding carboxylic acids is 1. The van der Waals surface area contributed by atoms with E-state index in [-0.39, 0.29) is 5.92 Å². The summed E-state index contributed by atoms with van der Waals surface area (Å²) >= 11 is 2.07. The number of Topliss-reactive ketones (excluding diaryl/α,β-unsaturated/α-hetero) is 1. The summed E-state index contributed by atoms with van der Waals surface area (Å²) in [5, 5.41) is 0. The molecule has 2 fully saturated rings. The Morgan fingerprint density at radius 2 is 2.20 bits per heavy atom. The molecule has 2 aliphatic heterocycles. The Kier molecular flexibility index (Phi) is 3.73. The molecule has 0 N–H and O–H groups in total. The van der Waals surface area contributed by atoms with E-state index < -0.39 is 0 Å². The van der Waals surface area contributed by atoms with Crippen molar-refractivity contribution in [3.8, 4) is 0 Å². The zero-order chi connectivity index (χ0) is 10.8. The summed E-state index contributed by atoms with van der Waals surface area (Å²) in [6.07, 6.45) is 3.45. The Bertz CT molecular complexity index is 238. The van der Waals surface area contributed by atoms with E-state index in [0.29, 0.717) is 11.8 Å². The van der Waals surface area contributed by atoms with Crippen LogP contribution >= 0.6 is 11.8 Å². The highest BCUT2D eigenvalue weighted by atomic mass is 32.2. The van der Waals surface area contributed by atoms with Crippen LogP contribution in [0.15, 0.2) is 0 Å². The first kappa shape index (κ1) is 11.5. The molecule has 0 radical (unpaired) electrons. The lowest BCUT2D eigenvalue weighted by atomic mass is 9.89. The largest absolute Gasteiger partial charge is 0.299 e. The van der Waals surface area contributed by atoms with Gasteiger partial charge in [0.05, 0.1) is 0 Å². The second-order valence-corrected chi connectivity index (χ2v) is 6.00. The van der Waals surface area contributed by atoms with Crippen LogP contribution in [-0.2, 0) is 4.79 Å². The average molecular weight is 227 g/mol. The van der Waals surface area contributed by atoms with Gasteiger partial charge in [0, 0.05) is 36.7 Å². The van der Waals surface area contributed by atoms with E-state index in [0.717, 1.165) is 19.0 Å². The number of likely N-dealkylation sites (tertiary alicyclic amines) is 1. The molecule has 0 aromatic rings. The molecule has 0 aromatic carbocycles. The van der Waals surface area contributed by atoms with Gasteiger partial charge in [-0.2, -0.15) is 11.8 Å². The van der Waals surface area contributed by atoms with Crippen molar-refractivity contribution < 1.29 is 4.79 Å². The zero-order valence-electron chi connectivity index (χ0n) is 9.74.